The molecule has 16 heavy (non-hydrogen) atoms. The first-order valence-electron chi connectivity index (χ1n) is 4.54. The van der Waals surface area contributed by atoms with Crippen LogP contribution in [-0.4, -0.2) is 36.0 Å². The number of hydrogen-bond acceptors (Lipinski definition) is 2. The van der Waals surface area contributed by atoms with E-state index in [0.717, 1.165) is 11.0 Å². The molecular formula is C9H11F3N2O2. The van der Waals surface area contributed by atoms with Crippen LogP contribution in [-0.2, 0) is 4.79 Å². The fourth-order valence-corrected chi connectivity index (χ4v) is 1.36. The summed E-state index contributed by atoms with van der Waals surface area (Å²) in [7, 11) is 1.34. The van der Waals surface area contributed by atoms with Gasteiger partial charge in [0, 0.05) is 13.5 Å². The van der Waals surface area contributed by atoms with Crippen LogP contribution in [0.5, 0.6) is 0 Å². The third kappa shape index (κ3) is 2.74. The Morgan fingerprint density at radius 3 is 2.56 bits per heavy atom. The molecule has 1 rings (SSSR count). The Morgan fingerprint density at radius 2 is 2.12 bits per heavy atom. The number of likely N-dealkylation sites (N-methyl/N-ethyl adjacent to an activating group) is 1. The van der Waals surface area contributed by atoms with Crippen molar-refractivity contribution in [3.05, 3.63) is 11.8 Å². The molecule has 0 saturated carbocycles. The minimum Gasteiger partial charge on any atom is -0.321 e. The van der Waals surface area contributed by atoms with E-state index in [1.165, 1.54) is 14.0 Å². The van der Waals surface area contributed by atoms with Gasteiger partial charge in [-0.25, -0.2) is 4.79 Å². The third-order valence-corrected chi connectivity index (χ3v) is 2.22. The summed E-state index contributed by atoms with van der Waals surface area (Å²) in [5, 5.41) is 1.72. The largest absolute Gasteiger partial charge is 0.431 e. The number of nitrogens with one attached hydrogen (secondary N) is 1. The number of nitrogens with zero attached hydrogens (tertiary/aromatic N) is 1. The van der Waals surface area contributed by atoms with Gasteiger partial charge < -0.3 is 10.2 Å². The Morgan fingerprint density at radius 1 is 1.56 bits per heavy atom. The van der Waals surface area contributed by atoms with E-state index in [-0.39, 0.29) is 12.2 Å². The van der Waals surface area contributed by atoms with Gasteiger partial charge in [-0.3, -0.25) is 4.79 Å². The number of urea groups is 1. The molecule has 4 nitrogen and oxygen atoms in total. The van der Waals surface area contributed by atoms with Gasteiger partial charge in [-0.15, -0.1) is 0 Å². The Labute approximate surface area is 90.1 Å². The molecule has 1 heterocycles. The molecule has 2 amide bonds. The molecule has 0 radical (unpaired) electrons. The molecule has 0 bridgehead atoms. The zero-order valence-corrected chi connectivity index (χ0v) is 8.76. The Hall–Kier alpha value is -1.53. The number of carbonyl (C=O) groups excluding carboxylic acids is 2. The van der Waals surface area contributed by atoms with E-state index in [4.69, 9.17) is 0 Å². The minimum atomic E-state index is -4.61. The standard InChI is InChI=1S/C9H11F3N2O2/c1-5(15)3-6-4-7(9(10,11)12)13-8(16)14(6)2/h4,6H,3H2,1-2H3,(H,13,16). The maximum absolute atomic E-state index is 12.4. The number of allylic oxidation sites excluding steroid dienone is 1. The van der Waals surface area contributed by atoms with Crippen molar-refractivity contribution in [2.24, 2.45) is 0 Å². The van der Waals surface area contributed by atoms with Crippen molar-refractivity contribution in [1.82, 2.24) is 10.2 Å². The smallest absolute Gasteiger partial charge is 0.321 e. The van der Waals surface area contributed by atoms with Crippen molar-refractivity contribution >= 4 is 11.8 Å². The quantitative estimate of drug-likeness (QED) is 0.788. The molecular weight excluding hydrogens is 225 g/mol. The minimum absolute atomic E-state index is 0.122. The van der Waals surface area contributed by atoms with E-state index in [1.807, 2.05) is 0 Å². The molecule has 1 aliphatic rings. The lowest BCUT2D eigenvalue weighted by molar-refractivity contribution is -0.118. The molecule has 1 N–H and O–H groups in total. The molecule has 0 fully saturated rings. The second-order valence-electron chi connectivity index (χ2n) is 3.59. The lowest BCUT2D eigenvalue weighted by Gasteiger charge is -2.31. The maximum Gasteiger partial charge on any atom is 0.431 e. The van der Waals surface area contributed by atoms with Gasteiger partial charge in [0.2, 0.25) is 0 Å². The van der Waals surface area contributed by atoms with Gasteiger partial charge in [0.25, 0.3) is 0 Å². The van der Waals surface area contributed by atoms with Crippen molar-refractivity contribution in [1.29, 1.82) is 0 Å². The highest BCUT2D eigenvalue weighted by atomic mass is 19.4. The highest BCUT2D eigenvalue weighted by molar-refractivity contribution is 5.81. The molecule has 0 saturated heterocycles. The van der Waals surface area contributed by atoms with Gasteiger partial charge in [-0.2, -0.15) is 13.2 Å². The normalized spacial score (nSPS) is 21.6. The number of halogens is 3. The molecule has 0 spiro atoms. The van der Waals surface area contributed by atoms with Gasteiger partial charge in [-0.1, -0.05) is 0 Å². The molecule has 90 valence electrons. The summed E-state index contributed by atoms with van der Waals surface area (Å²) in [6.07, 6.45) is -3.88. The summed E-state index contributed by atoms with van der Waals surface area (Å²) in [6.45, 7) is 1.27. The summed E-state index contributed by atoms with van der Waals surface area (Å²) in [6, 6.07) is -1.70. The van der Waals surface area contributed by atoms with Gasteiger partial charge in [0.05, 0.1) is 6.04 Å². The first-order chi connectivity index (χ1) is 7.21. The van der Waals surface area contributed by atoms with Crippen LogP contribution in [0.4, 0.5) is 18.0 Å². The van der Waals surface area contributed by atoms with Crippen LogP contribution in [0.2, 0.25) is 0 Å². The second kappa shape index (κ2) is 4.15. The highest BCUT2D eigenvalue weighted by Crippen LogP contribution is 2.27. The van der Waals surface area contributed by atoms with E-state index in [9.17, 15) is 22.8 Å². The van der Waals surface area contributed by atoms with Crippen molar-refractivity contribution in [2.45, 2.75) is 25.6 Å². The third-order valence-electron chi connectivity index (χ3n) is 2.22. The Bertz CT molecular complexity index is 349. The predicted molar refractivity (Wildman–Crippen MR) is 49.5 cm³/mol. The van der Waals surface area contributed by atoms with Crippen LogP contribution < -0.4 is 5.32 Å². The Balaban J connectivity index is 2.97. The SMILES string of the molecule is CC(=O)CC1C=C(C(F)(F)F)NC(=O)N1C. The van der Waals surface area contributed by atoms with E-state index in [2.05, 4.69) is 0 Å². The number of alkyl halides is 3. The van der Waals surface area contributed by atoms with Crippen molar-refractivity contribution < 1.29 is 22.8 Å². The average molecular weight is 236 g/mol. The van der Waals surface area contributed by atoms with Crippen LogP contribution in [0.15, 0.2) is 11.8 Å². The predicted octanol–water partition coefficient (Wildman–Crippen LogP) is 1.44. The van der Waals surface area contributed by atoms with Gasteiger partial charge in [-0.05, 0) is 13.0 Å². The van der Waals surface area contributed by atoms with E-state index >= 15 is 0 Å². The fraction of sp³-hybridized carbons (Fsp3) is 0.556. The average Bonchev–Trinajstić information content (AvgIpc) is 2.10. The summed E-state index contributed by atoms with van der Waals surface area (Å²) >= 11 is 0. The number of carbonyl (C=O) groups is 2. The number of Topliss-reactive ketones (excluding diaryl/α,β-unsaturated/α-hetero) is 1. The van der Waals surface area contributed by atoms with Crippen LogP contribution in [0, 0.1) is 0 Å². The topological polar surface area (TPSA) is 49.4 Å². The van der Waals surface area contributed by atoms with Crippen LogP contribution in [0.3, 0.4) is 0 Å². The van der Waals surface area contributed by atoms with E-state index < -0.39 is 23.9 Å². The van der Waals surface area contributed by atoms with Crippen LogP contribution >= 0.6 is 0 Å². The van der Waals surface area contributed by atoms with Crippen LogP contribution in [0.1, 0.15) is 13.3 Å². The van der Waals surface area contributed by atoms with Crippen molar-refractivity contribution in [2.75, 3.05) is 7.05 Å². The lowest BCUT2D eigenvalue weighted by atomic mass is 10.1. The van der Waals surface area contributed by atoms with Gasteiger partial charge >= 0.3 is 12.2 Å². The number of ketones is 1. The second-order valence-corrected chi connectivity index (χ2v) is 3.59. The molecule has 0 aliphatic carbocycles. The number of rotatable bonds is 2. The summed E-state index contributed by atoms with van der Waals surface area (Å²) in [5.74, 6) is -0.274. The van der Waals surface area contributed by atoms with Crippen LogP contribution in [0.25, 0.3) is 0 Å². The van der Waals surface area contributed by atoms with Crippen molar-refractivity contribution in [3.8, 4) is 0 Å². The first-order valence-corrected chi connectivity index (χ1v) is 4.54. The van der Waals surface area contributed by atoms with Gasteiger partial charge in [0.15, 0.2) is 0 Å². The molecule has 1 atom stereocenters. The summed E-state index contributed by atoms with van der Waals surface area (Å²) in [5.41, 5.74) is -1.11. The molecule has 0 aromatic carbocycles. The maximum atomic E-state index is 12.4. The molecule has 0 aromatic rings. The molecule has 1 aliphatic heterocycles. The highest BCUT2D eigenvalue weighted by Gasteiger charge is 2.39. The summed E-state index contributed by atoms with van der Waals surface area (Å²) < 4.78 is 37.1. The van der Waals surface area contributed by atoms with E-state index in [1.54, 1.807) is 5.32 Å². The number of amides is 2. The fourth-order valence-electron chi connectivity index (χ4n) is 1.36. The first kappa shape index (κ1) is 12.5. The monoisotopic (exact) mass is 236 g/mol. The zero-order chi connectivity index (χ0) is 12.5. The van der Waals surface area contributed by atoms with Gasteiger partial charge in [0.1, 0.15) is 11.5 Å². The van der Waals surface area contributed by atoms with E-state index in [0.29, 0.717) is 0 Å². The van der Waals surface area contributed by atoms with Crippen molar-refractivity contribution in [3.63, 3.8) is 0 Å². The Kier molecular flexibility index (Phi) is 3.25. The number of hydrogen-bond donors (Lipinski definition) is 1. The zero-order valence-electron chi connectivity index (χ0n) is 8.76. The summed E-state index contributed by atoms with van der Waals surface area (Å²) in [4.78, 5) is 23.1. The molecule has 0 aromatic heterocycles. The molecule has 1 unspecified atom stereocenters. The molecule has 7 heteroatoms. The lowest BCUT2D eigenvalue weighted by Crippen LogP contribution is -2.50.